The van der Waals surface area contributed by atoms with Gasteiger partial charge in [0, 0.05) is 23.7 Å². The van der Waals surface area contributed by atoms with E-state index in [2.05, 4.69) is 9.97 Å². The number of hydrogen-bond donors (Lipinski definition) is 0. The van der Waals surface area contributed by atoms with Crippen molar-refractivity contribution in [1.29, 1.82) is 0 Å². The van der Waals surface area contributed by atoms with Gasteiger partial charge in [-0.05, 0) is 30.7 Å². The van der Waals surface area contributed by atoms with Crippen LogP contribution in [0.2, 0.25) is 5.02 Å². The zero-order valence-electron chi connectivity index (χ0n) is 15.5. The van der Waals surface area contributed by atoms with E-state index in [0.717, 1.165) is 11.3 Å². The fraction of sp³-hybridized carbons (Fsp3) is 0.286. The topological polar surface area (TPSA) is 68.5 Å². The van der Waals surface area contributed by atoms with E-state index >= 15 is 0 Å². The maximum atomic E-state index is 12.8. The van der Waals surface area contributed by atoms with Gasteiger partial charge in [0.25, 0.3) is 5.91 Å². The minimum absolute atomic E-state index is 0.111. The molecule has 0 saturated carbocycles. The molecule has 1 saturated heterocycles. The molecule has 0 N–H and O–H groups in total. The predicted octanol–water partition coefficient (Wildman–Crippen LogP) is 3.84. The molecule has 1 aliphatic heterocycles. The number of nitrogens with zero attached hydrogens (tertiary/aromatic N) is 3. The van der Waals surface area contributed by atoms with Gasteiger partial charge in [-0.1, -0.05) is 35.9 Å². The van der Waals surface area contributed by atoms with Crippen LogP contribution in [0.25, 0.3) is 0 Å². The molecule has 1 amide bonds. The Morgan fingerprint density at radius 3 is 2.93 bits per heavy atom. The van der Waals surface area contributed by atoms with Crippen LogP contribution in [-0.4, -0.2) is 40.5 Å². The van der Waals surface area contributed by atoms with E-state index in [9.17, 15) is 4.79 Å². The molecular weight excluding hydrogens is 378 g/mol. The summed E-state index contributed by atoms with van der Waals surface area (Å²) >= 11 is 6.22. The molecule has 1 fully saturated rings. The standard InChI is InChI=1S/C21H20ClN3O3/c1-14-5-4-8-18(24-14)21(26)25-9-10-27-19(13-25)20-23-12-16(28-20)11-15-6-2-3-7-17(15)22/h2-8,12,19H,9-11,13H2,1H3. The Labute approximate surface area is 168 Å². The van der Waals surface area contributed by atoms with Crippen molar-refractivity contribution in [3.8, 4) is 0 Å². The number of benzene rings is 1. The number of aryl methyl sites for hydroxylation is 1. The van der Waals surface area contributed by atoms with Gasteiger partial charge in [-0.2, -0.15) is 0 Å². The Kier molecular flexibility index (Phi) is 5.41. The number of ether oxygens (including phenoxy) is 1. The molecule has 2 aromatic heterocycles. The summed E-state index contributed by atoms with van der Waals surface area (Å²) in [6, 6.07) is 13.1. The molecule has 1 aromatic carbocycles. The lowest BCUT2D eigenvalue weighted by Crippen LogP contribution is -2.42. The summed E-state index contributed by atoms with van der Waals surface area (Å²) in [7, 11) is 0. The molecule has 0 bridgehead atoms. The van der Waals surface area contributed by atoms with Gasteiger partial charge in [-0.15, -0.1) is 0 Å². The minimum atomic E-state index is -0.400. The summed E-state index contributed by atoms with van der Waals surface area (Å²) in [5, 5.41) is 0.691. The van der Waals surface area contributed by atoms with E-state index in [1.54, 1.807) is 17.2 Å². The van der Waals surface area contributed by atoms with Gasteiger partial charge >= 0.3 is 0 Å². The molecule has 4 rings (SSSR count). The van der Waals surface area contributed by atoms with Crippen LogP contribution in [0, 0.1) is 6.92 Å². The van der Waals surface area contributed by atoms with Crippen LogP contribution < -0.4 is 0 Å². The van der Waals surface area contributed by atoms with Crippen molar-refractivity contribution in [2.75, 3.05) is 19.7 Å². The second kappa shape index (κ2) is 8.12. The number of aromatic nitrogens is 2. The summed E-state index contributed by atoms with van der Waals surface area (Å²) in [5.41, 5.74) is 2.22. The number of halogens is 1. The predicted molar refractivity (Wildman–Crippen MR) is 104 cm³/mol. The van der Waals surface area contributed by atoms with Crippen molar-refractivity contribution in [3.63, 3.8) is 0 Å². The third kappa shape index (κ3) is 4.08. The maximum Gasteiger partial charge on any atom is 0.272 e. The zero-order valence-corrected chi connectivity index (χ0v) is 16.2. The van der Waals surface area contributed by atoms with Crippen molar-refractivity contribution in [1.82, 2.24) is 14.9 Å². The average molecular weight is 398 g/mol. The molecule has 3 aromatic rings. The van der Waals surface area contributed by atoms with Crippen LogP contribution in [0.1, 0.15) is 39.5 Å². The van der Waals surface area contributed by atoms with Gasteiger partial charge in [0.15, 0.2) is 6.10 Å². The van der Waals surface area contributed by atoms with E-state index in [0.29, 0.717) is 48.5 Å². The van der Waals surface area contributed by atoms with E-state index in [4.69, 9.17) is 20.8 Å². The number of morpholine rings is 1. The van der Waals surface area contributed by atoms with Gasteiger partial charge < -0.3 is 14.1 Å². The van der Waals surface area contributed by atoms with Gasteiger partial charge in [0.05, 0.1) is 19.3 Å². The first-order chi connectivity index (χ1) is 13.6. The van der Waals surface area contributed by atoms with Crippen molar-refractivity contribution < 1.29 is 13.9 Å². The summed E-state index contributed by atoms with van der Waals surface area (Å²) in [6.07, 6.45) is 1.84. The molecule has 0 spiro atoms. The maximum absolute atomic E-state index is 12.8. The Hall–Kier alpha value is -2.70. The number of amides is 1. The minimum Gasteiger partial charge on any atom is -0.442 e. The fourth-order valence-corrected chi connectivity index (χ4v) is 3.39. The quantitative estimate of drug-likeness (QED) is 0.669. The average Bonchev–Trinajstić information content (AvgIpc) is 3.18. The van der Waals surface area contributed by atoms with Crippen molar-refractivity contribution in [2.24, 2.45) is 0 Å². The Balaban J connectivity index is 1.46. The number of hydrogen-bond acceptors (Lipinski definition) is 5. The molecule has 1 unspecified atom stereocenters. The molecule has 0 aliphatic carbocycles. The lowest BCUT2D eigenvalue weighted by Gasteiger charge is -2.31. The summed E-state index contributed by atoms with van der Waals surface area (Å²) in [4.78, 5) is 23.2. The SMILES string of the molecule is Cc1cccc(C(=O)N2CCOC(c3ncc(Cc4ccccc4Cl)o3)C2)n1. The van der Waals surface area contributed by atoms with Crippen molar-refractivity contribution in [2.45, 2.75) is 19.4 Å². The molecule has 28 heavy (non-hydrogen) atoms. The number of carbonyl (C=O) groups is 1. The summed E-state index contributed by atoms with van der Waals surface area (Å²) < 4.78 is 11.7. The fourth-order valence-electron chi connectivity index (χ4n) is 3.19. The third-order valence-electron chi connectivity index (χ3n) is 4.63. The first-order valence-electron chi connectivity index (χ1n) is 9.12. The highest BCUT2D eigenvalue weighted by atomic mass is 35.5. The van der Waals surface area contributed by atoms with Crippen LogP contribution in [-0.2, 0) is 11.2 Å². The molecule has 144 valence electrons. The first-order valence-corrected chi connectivity index (χ1v) is 9.50. The monoisotopic (exact) mass is 397 g/mol. The van der Waals surface area contributed by atoms with E-state index < -0.39 is 6.10 Å². The van der Waals surface area contributed by atoms with Crippen LogP contribution in [0.4, 0.5) is 0 Å². The lowest BCUT2D eigenvalue weighted by molar-refractivity contribution is -0.0351. The van der Waals surface area contributed by atoms with Crippen LogP contribution >= 0.6 is 11.6 Å². The third-order valence-corrected chi connectivity index (χ3v) is 5.00. The van der Waals surface area contributed by atoms with Crippen LogP contribution in [0.5, 0.6) is 0 Å². The number of carbonyl (C=O) groups excluding carboxylic acids is 1. The molecule has 7 heteroatoms. The Bertz CT molecular complexity index is 988. The highest BCUT2D eigenvalue weighted by Crippen LogP contribution is 2.25. The summed E-state index contributed by atoms with van der Waals surface area (Å²) in [5.74, 6) is 1.06. The van der Waals surface area contributed by atoms with Crippen LogP contribution in [0.15, 0.2) is 53.1 Å². The van der Waals surface area contributed by atoms with Crippen LogP contribution in [0.3, 0.4) is 0 Å². The Morgan fingerprint density at radius 1 is 1.25 bits per heavy atom. The Morgan fingerprint density at radius 2 is 2.11 bits per heavy atom. The van der Waals surface area contributed by atoms with Gasteiger partial charge in [-0.25, -0.2) is 9.97 Å². The number of oxazole rings is 1. The van der Waals surface area contributed by atoms with E-state index in [-0.39, 0.29) is 5.91 Å². The zero-order chi connectivity index (χ0) is 19.5. The normalized spacial score (nSPS) is 16.9. The highest BCUT2D eigenvalue weighted by molar-refractivity contribution is 6.31. The van der Waals surface area contributed by atoms with Crippen molar-refractivity contribution >= 4 is 17.5 Å². The number of pyridine rings is 1. The van der Waals surface area contributed by atoms with E-state index in [1.807, 2.05) is 43.3 Å². The largest absolute Gasteiger partial charge is 0.442 e. The first kappa shape index (κ1) is 18.7. The number of rotatable bonds is 4. The highest BCUT2D eigenvalue weighted by Gasteiger charge is 2.29. The second-order valence-electron chi connectivity index (χ2n) is 6.71. The molecule has 3 heterocycles. The molecule has 6 nitrogen and oxygen atoms in total. The van der Waals surface area contributed by atoms with Gasteiger partial charge in [0.2, 0.25) is 5.89 Å². The smallest absolute Gasteiger partial charge is 0.272 e. The second-order valence-corrected chi connectivity index (χ2v) is 7.12. The molecule has 1 atom stereocenters. The van der Waals surface area contributed by atoms with Gasteiger partial charge in [-0.3, -0.25) is 4.79 Å². The molecule has 0 radical (unpaired) electrons. The molecule has 1 aliphatic rings. The lowest BCUT2D eigenvalue weighted by atomic mass is 10.1. The van der Waals surface area contributed by atoms with E-state index in [1.165, 1.54) is 0 Å². The summed E-state index contributed by atoms with van der Waals surface area (Å²) in [6.45, 7) is 3.18. The van der Waals surface area contributed by atoms with Crippen molar-refractivity contribution in [3.05, 3.63) is 82.3 Å². The van der Waals surface area contributed by atoms with Gasteiger partial charge in [0.1, 0.15) is 11.5 Å². The molecular formula is C21H20ClN3O3.